The van der Waals surface area contributed by atoms with Gasteiger partial charge in [-0.05, 0) is 40.9 Å². The number of hydrazine groups is 1. The van der Waals surface area contributed by atoms with Crippen molar-refractivity contribution >= 4 is 39.4 Å². The molecule has 1 aromatic carbocycles. The summed E-state index contributed by atoms with van der Waals surface area (Å²) in [6.07, 6.45) is 0.185. The second-order valence-corrected chi connectivity index (χ2v) is 6.06. The first-order chi connectivity index (χ1) is 13.1. The van der Waals surface area contributed by atoms with Crippen molar-refractivity contribution in [3.05, 3.63) is 48.5 Å². The van der Waals surface area contributed by atoms with Crippen molar-refractivity contribution in [2.45, 2.75) is 18.9 Å². The highest BCUT2D eigenvalue weighted by molar-refractivity contribution is 9.10. The minimum atomic E-state index is -1.18. The molecule has 28 heavy (non-hydrogen) atoms. The van der Waals surface area contributed by atoms with Crippen molar-refractivity contribution in [2.24, 2.45) is 10.7 Å². The minimum absolute atomic E-state index is 0.00150. The Balaban J connectivity index is 2.77. The van der Waals surface area contributed by atoms with Crippen LogP contribution < -0.4 is 22.0 Å². The highest BCUT2D eigenvalue weighted by Crippen LogP contribution is 2.25. The second-order valence-electron chi connectivity index (χ2n) is 5.20. The molecule has 15 heteroatoms. The van der Waals surface area contributed by atoms with Gasteiger partial charge in [-0.15, -0.1) is 0 Å². The molecule has 0 radical (unpaired) electrons. The maximum absolute atomic E-state index is 12.3. The van der Waals surface area contributed by atoms with Crippen LogP contribution >= 0.6 is 15.9 Å². The molecule has 152 valence electrons. The summed E-state index contributed by atoms with van der Waals surface area (Å²) >= 11 is 2.99. The molecule has 14 nitrogen and oxygen atoms in total. The van der Waals surface area contributed by atoms with Gasteiger partial charge in [0.25, 0.3) is 23.5 Å². The van der Waals surface area contributed by atoms with E-state index in [2.05, 4.69) is 26.2 Å². The van der Waals surface area contributed by atoms with E-state index in [1.165, 1.54) is 17.6 Å². The van der Waals surface area contributed by atoms with Crippen molar-refractivity contribution in [1.82, 2.24) is 16.2 Å². The summed E-state index contributed by atoms with van der Waals surface area (Å²) in [5.74, 6) is -2.12. The molecule has 0 aliphatic rings. The summed E-state index contributed by atoms with van der Waals surface area (Å²) < 4.78 is 0.178. The second kappa shape index (κ2) is 10.7. The third-order valence-electron chi connectivity index (χ3n) is 3.28. The number of nitrogens with one attached hydrogen (secondary N) is 3. The van der Waals surface area contributed by atoms with E-state index in [9.17, 15) is 29.8 Å². The summed E-state index contributed by atoms with van der Waals surface area (Å²) in [6, 6.07) is 2.48. The van der Waals surface area contributed by atoms with Gasteiger partial charge in [0.05, 0.1) is 9.40 Å². The predicted octanol–water partition coefficient (Wildman–Crippen LogP) is -0.163. The van der Waals surface area contributed by atoms with Gasteiger partial charge in [0.15, 0.2) is 5.03 Å². The Kier molecular flexibility index (Phi) is 8.70. The Morgan fingerprint density at radius 1 is 1.32 bits per heavy atom. The molecule has 0 spiro atoms. The van der Waals surface area contributed by atoms with Crippen LogP contribution in [-0.2, 0) is 4.79 Å². The van der Waals surface area contributed by atoms with E-state index in [4.69, 9.17) is 10.9 Å². The number of carbonyl (C=O) groups is 2. The van der Waals surface area contributed by atoms with Crippen LogP contribution in [-0.4, -0.2) is 45.5 Å². The fourth-order valence-corrected chi connectivity index (χ4v) is 2.40. The molecule has 6 N–H and O–H groups in total. The Hall–Kier alpha value is -3.33. The normalized spacial score (nSPS) is 12.0. The van der Waals surface area contributed by atoms with Gasteiger partial charge < -0.3 is 11.1 Å². The zero-order valence-corrected chi connectivity index (χ0v) is 15.7. The number of nitrogens with zero attached hydrogens (tertiary/aromatic N) is 3. The topological polar surface area (TPSA) is 215 Å². The number of nitro groups is 2. The zero-order valence-electron chi connectivity index (χ0n) is 14.1. The molecule has 0 aromatic heterocycles. The number of rotatable bonds is 9. The first kappa shape index (κ1) is 22.7. The third kappa shape index (κ3) is 7.12. The zero-order chi connectivity index (χ0) is 21.3. The molecule has 1 aromatic rings. The lowest BCUT2D eigenvalue weighted by Gasteiger charge is -2.16. The van der Waals surface area contributed by atoms with Crippen LogP contribution in [0.2, 0.25) is 0 Å². The monoisotopic (exact) mass is 461 g/mol. The van der Waals surface area contributed by atoms with Gasteiger partial charge in [0, 0.05) is 18.2 Å². The van der Waals surface area contributed by atoms with Crippen LogP contribution in [0.3, 0.4) is 0 Å². The number of guanidine groups is 1. The molecule has 0 fully saturated rings. The number of nitrogens with two attached hydrogens (primary N) is 1. The van der Waals surface area contributed by atoms with Gasteiger partial charge in [-0.1, -0.05) is 5.43 Å². The molecule has 0 saturated carbocycles. The highest BCUT2D eigenvalue weighted by atomic mass is 79.9. The van der Waals surface area contributed by atoms with Crippen LogP contribution in [0.1, 0.15) is 23.2 Å². The summed E-state index contributed by atoms with van der Waals surface area (Å²) in [4.78, 5) is 48.1. The van der Waals surface area contributed by atoms with E-state index < -0.39 is 33.8 Å². The van der Waals surface area contributed by atoms with E-state index in [0.717, 1.165) is 6.07 Å². The molecule has 1 rings (SSSR count). The number of hydrogen-bond acceptors (Lipinski definition) is 8. The third-order valence-corrected chi connectivity index (χ3v) is 3.95. The van der Waals surface area contributed by atoms with Crippen molar-refractivity contribution < 1.29 is 24.8 Å². The average Bonchev–Trinajstić information content (AvgIpc) is 2.62. The number of benzene rings is 1. The highest BCUT2D eigenvalue weighted by Gasteiger charge is 2.22. The predicted molar refractivity (Wildman–Crippen MR) is 97.8 cm³/mol. The van der Waals surface area contributed by atoms with E-state index >= 15 is 0 Å². The first-order valence-corrected chi connectivity index (χ1v) is 8.34. The number of carbonyl (C=O) groups excluding carboxylic acids is 2. The number of hydrogen-bond donors (Lipinski definition) is 5. The van der Waals surface area contributed by atoms with Crippen molar-refractivity contribution in [3.8, 4) is 0 Å². The van der Waals surface area contributed by atoms with Crippen LogP contribution in [0.4, 0.5) is 5.69 Å². The first-order valence-electron chi connectivity index (χ1n) is 7.55. The van der Waals surface area contributed by atoms with Gasteiger partial charge >= 0.3 is 0 Å². The number of halogens is 1. The van der Waals surface area contributed by atoms with Crippen LogP contribution in [0.15, 0.2) is 27.7 Å². The summed E-state index contributed by atoms with van der Waals surface area (Å²) in [5, 5.41) is 31.4. The molecule has 0 aliphatic heterocycles. The molecule has 0 bridgehead atoms. The molecule has 0 heterocycles. The van der Waals surface area contributed by atoms with Crippen molar-refractivity contribution in [1.29, 1.82) is 0 Å². The molecular formula is C13H16BrN7O7. The summed E-state index contributed by atoms with van der Waals surface area (Å²) in [6.45, 7) is 0.00150. The van der Waals surface area contributed by atoms with Crippen LogP contribution in [0.5, 0.6) is 0 Å². The Morgan fingerprint density at radius 2 is 2.00 bits per heavy atom. The number of hydroxylamine groups is 1. The smallest absolute Gasteiger partial charge is 0.284 e. The lowest BCUT2D eigenvalue weighted by molar-refractivity contribution is -0.525. The molecule has 1 atom stereocenters. The van der Waals surface area contributed by atoms with Gasteiger partial charge in [-0.2, -0.15) is 0 Å². The molecule has 0 saturated heterocycles. The lowest BCUT2D eigenvalue weighted by Crippen LogP contribution is -2.46. The average molecular weight is 462 g/mol. The Labute approximate surface area is 165 Å². The number of nitro benzene ring substituents is 1. The fraction of sp³-hybridized carbons (Fsp3) is 0.308. The maximum Gasteiger partial charge on any atom is 0.284 e. The van der Waals surface area contributed by atoms with Gasteiger partial charge in [0.1, 0.15) is 6.04 Å². The van der Waals surface area contributed by atoms with Crippen molar-refractivity contribution in [2.75, 3.05) is 6.54 Å². The summed E-state index contributed by atoms with van der Waals surface area (Å²) in [7, 11) is 0. The van der Waals surface area contributed by atoms with Crippen LogP contribution in [0.25, 0.3) is 0 Å². The van der Waals surface area contributed by atoms with Gasteiger partial charge in [0.2, 0.25) is 0 Å². The maximum atomic E-state index is 12.3. The molecule has 2 amide bonds. The Morgan fingerprint density at radius 3 is 2.57 bits per heavy atom. The van der Waals surface area contributed by atoms with Crippen molar-refractivity contribution in [3.63, 3.8) is 0 Å². The Bertz CT molecular complexity index is 801. The number of aliphatic imine (C=N–C) groups is 1. The standard InChI is InChI=1S/C13H16BrN7O7/c14-8-4-3-7(6-10(8)20(25)26)11(22)17-9(12(23)19-24)2-1-5-16-13(15)18-21(27)28/h3-4,6,9,24H,1-2,5H2,(H,17,22)(H,19,23)(H3,15,16,18)/t9-/m0/s1. The van der Waals surface area contributed by atoms with E-state index in [1.807, 2.05) is 0 Å². The van der Waals surface area contributed by atoms with E-state index in [-0.39, 0.29) is 35.1 Å². The SMILES string of the molecule is NC(=NCCC[C@H](NC(=O)c1ccc(Br)c([N+](=O)[O-])c1)C(=O)NO)N[N+](=O)[O-]. The van der Waals surface area contributed by atoms with Gasteiger partial charge in [-0.25, -0.2) is 20.6 Å². The summed E-state index contributed by atoms with van der Waals surface area (Å²) in [5.41, 5.74) is 7.88. The largest absolute Gasteiger partial charge is 0.365 e. The van der Waals surface area contributed by atoms with E-state index in [0.29, 0.717) is 0 Å². The quantitative estimate of drug-likeness (QED) is 0.0821. The van der Waals surface area contributed by atoms with Crippen LogP contribution in [0, 0.1) is 20.2 Å². The fourth-order valence-electron chi connectivity index (χ4n) is 2.01. The minimum Gasteiger partial charge on any atom is -0.365 e. The molecular weight excluding hydrogens is 446 g/mol. The lowest BCUT2D eigenvalue weighted by atomic mass is 10.1. The molecule has 0 unspecified atom stereocenters. The van der Waals surface area contributed by atoms with Gasteiger partial charge in [-0.3, -0.25) is 24.9 Å². The number of amides is 2. The molecule has 0 aliphatic carbocycles. The van der Waals surface area contributed by atoms with E-state index in [1.54, 1.807) is 5.43 Å².